The van der Waals surface area contributed by atoms with Gasteiger partial charge in [-0.2, -0.15) is 0 Å². The lowest BCUT2D eigenvalue weighted by molar-refractivity contribution is 0.102. The van der Waals surface area contributed by atoms with Crippen molar-refractivity contribution >= 4 is 49.9 Å². The smallest absolute Gasteiger partial charge is 0.257 e. The number of hydrogen-bond acceptors (Lipinski definition) is 9. The Hall–Kier alpha value is -3.76. The lowest BCUT2D eigenvalue weighted by atomic mass is 10.1. The average molecular weight is 433 g/mol. The van der Waals surface area contributed by atoms with Crippen molar-refractivity contribution in [1.29, 1.82) is 0 Å². The van der Waals surface area contributed by atoms with Crippen LogP contribution in [0.5, 0.6) is 0 Å². The third-order valence-corrected chi connectivity index (χ3v) is 5.89. The van der Waals surface area contributed by atoms with Gasteiger partial charge >= 0.3 is 0 Å². The van der Waals surface area contributed by atoms with Crippen LogP contribution in [0.1, 0.15) is 25.7 Å². The number of anilines is 1. The number of rotatable bonds is 5. The van der Waals surface area contributed by atoms with Crippen molar-refractivity contribution in [2.24, 2.45) is 0 Å². The first-order valence-corrected chi connectivity index (χ1v) is 10.3. The fourth-order valence-electron chi connectivity index (χ4n) is 2.81. The van der Waals surface area contributed by atoms with Crippen LogP contribution in [0.15, 0.2) is 65.4 Å². The highest BCUT2D eigenvalue weighted by Gasteiger charge is 2.24. The second kappa shape index (κ2) is 7.58. The Bertz CT molecular complexity index is 1360. The SMILES string of the molecule is O=C(Nc1nc(-c2ccco2)c(C(=O)c2ccccn2)s1)c1ccc2snnc2c1. The zero-order valence-corrected chi connectivity index (χ0v) is 16.7. The maximum absolute atomic E-state index is 13.0. The summed E-state index contributed by atoms with van der Waals surface area (Å²) < 4.78 is 10.2. The van der Waals surface area contributed by atoms with E-state index in [9.17, 15) is 9.59 Å². The van der Waals surface area contributed by atoms with E-state index in [4.69, 9.17) is 4.42 Å². The zero-order chi connectivity index (χ0) is 20.5. The summed E-state index contributed by atoms with van der Waals surface area (Å²) in [5.74, 6) is -0.225. The number of hydrogen-bond donors (Lipinski definition) is 1. The predicted molar refractivity (Wildman–Crippen MR) is 113 cm³/mol. The molecular formula is C20H11N5O3S2. The van der Waals surface area contributed by atoms with Gasteiger partial charge in [-0.15, -0.1) is 5.10 Å². The number of aromatic nitrogens is 4. The Morgan fingerprint density at radius 1 is 1.07 bits per heavy atom. The zero-order valence-electron chi connectivity index (χ0n) is 15.1. The van der Waals surface area contributed by atoms with Crippen LogP contribution in [0.2, 0.25) is 0 Å². The maximum Gasteiger partial charge on any atom is 0.257 e. The van der Waals surface area contributed by atoms with Crippen molar-refractivity contribution in [3.63, 3.8) is 0 Å². The Balaban J connectivity index is 1.49. The predicted octanol–water partition coefficient (Wildman–Crippen LogP) is 4.29. The Kier molecular flexibility index (Phi) is 4.62. The highest BCUT2D eigenvalue weighted by Crippen LogP contribution is 2.33. The molecule has 0 radical (unpaired) electrons. The van der Waals surface area contributed by atoms with Crippen molar-refractivity contribution in [1.82, 2.24) is 19.6 Å². The molecule has 1 aromatic carbocycles. The van der Waals surface area contributed by atoms with E-state index in [1.54, 1.807) is 54.7 Å². The summed E-state index contributed by atoms with van der Waals surface area (Å²) in [4.78, 5) is 34.6. The van der Waals surface area contributed by atoms with Crippen LogP contribution in [-0.2, 0) is 0 Å². The van der Waals surface area contributed by atoms with Gasteiger partial charge in [0.05, 0.1) is 11.0 Å². The minimum atomic E-state index is -0.360. The van der Waals surface area contributed by atoms with E-state index in [0.717, 1.165) is 16.0 Å². The lowest BCUT2D eigenvalue weighted by Crippen LogP contribution is -2.11. The molecule has 8 nitrogen and oxygen atoms in total. The summed E-state index contributed by atoms with van der Waals surface area (Å²) >= 11 is 2.33. The molecule has 5 rings (SSSR count). The molecule has 0 saturated carbocycles. The fraction of sp³-hybridized carbons (Fsp3) is 0. The number of benzene rings is 1. The summed E-state index contributed by atoms with van der Waals surface area (Å²) in [7, 11) is 0. The van der Waals surface area contributed by atoms with Crippen molar-refractivity contribution < 1.29 is 14.0 Å². The van der Waals surface area contributed by atoms with Gasteiger partial charge in [-0.25, -0.2) is 4.98 Å². The molecule has 0 aliphatic rings. The molecule has 0 aliphatic carbocycles. The van der Waals surface area contributed by atoms with Gasteiger partial charge in [-0.05, 0) is 54.0 Å². The molecule has 4 heterocycles. The number of fused-ring (bicyclic) bond motifs is 1. The summed E-state index contributed by atoms with van der Waals surface area (Å²) in [6, 6.07) is 13.7. The number of pyridine rings is 1. The van der Waals surface area contributed by atoms with Gasteiger partial charge in [0.2, 0.25) is 5.78 Å². The molecular weight excluding hydrogens is 422 g/mol. The lowest BCUT2D eigenvalue weighted by Gasteiger charge is -2.01. The van der Waals surface area contributed by atoms with E-state index in [0.29, 0.717) is 27.4 Å². The molecule has 30 heavy (non-hydrogen) atoms. The quantitative estimate of drug-likeness (QED) is 0.412. The average Bonchev–Trinajstić information content (AvgIpc) is 3.53. The van der Waals surface area contributed by atoms with Gasteiger partial charge in [0, 0.05) is 11.8 Å². The van der Waals surface area contributed by atoms with Gasteiger partial charge in [-0.3, -0.25) is 19.9 Å². The van der Waals surface area contributed by atoms with Crippen LogP contribution in [0.3, 0.4) is 0 Å². The molecule has 0 spiro atoms. The van der Waals surface area contributed by atoms with Crippen LogP contribution in [0.4, 0.5) is 5.13 Å². The first-order valence-electron chi connectivity index (χ1n) is 8.73. The van der Waals surface area contributed by atoms with E-state index in [1.165, 1.54) is 17.8 Å². The van der Waals surface area contributed by atoms with Gasteiger partial charge in [0.1, 0.15) is 21.8 Å². The minimum absolute atomic E-state index is 0.280. The topological polar surface area (TPSA) is 111 Å². The molecule has 1 amide bonds. The molecule has 0 unspecified atom stereocenters. The molecule has 0 atom stereocenters. The molecule has 0 fully saturated rings. The number of ketones is 1. The fourth-order valence-corrected chi connectivity index (χ4v) is 4.27. The molecule has 0 bridgehead atoms. The van der Waals surface area contributed by atoms with Crippen molar-refractivity contribution in [3.8, 4) is 11.5 Å². The highest BCUT2D eigenvalue weighted by atomic mass is 32.1. The molecule has 0 aliphatic heterocycles. The summed E-state index contributed by atoms with van der Waals surface area (Å²) in [6.45, 7) is 0. The van der Waals surface area contributed by atoms with Crippen LogP contribution >= 0.6 is 22.9 Å². The largest absolute Gasteiger partial charge is 0.463 e. The van der Waals surface area contributed by atoms with Crippen molar-refractivity contribution in [2.45, 2.75) is 0 Å². The number of carbonyl (C=O) groups is 2. The minimum Gasteiger partial charge on any atom is -0.463 e. The number of nitrogens with one attached hydrogen (secondary N) is 1. The Morgan fingerprint density at radius 3 is 2.80 bits per heavy atom. The third kappa shape index (κ3) is 3.38. The Morgan fingerprint density at radius 2 is 2.00 bits per heavy atom. The first kappa shape index (κ1) is 18.3. The standard InChI is InChI=1S/C20H11N5O3S2/c26-17(12-4-1-2-8-21-12)18-16(14-5-3-9-28-14)22-20(29-18)23-19(27)11-6-7-15-13(10-11)24-25-30-15/h1-10H,(H,22,23,27). The van der Waals surface area contributed by atoms with E-state index in [2.05, 4.69) is 24.9 Å². The summed E-state index contributed by atoms with van der Waals surface area (Å²) in [6.07, 6.45) is 3.05. The highest BCUT2D eigenvalue weighted by molar-refractivity contribution is 7.18. The molecule has 5 aromatic rings. The van der Waals surface area contributed by atoms with E-state index < -0.39 is 0 Å². The van der Waals surface area contributed by atoms with Gasteiger partial charge in [-0.1, -0.05) is 21.9 Å². The molecule has 10 heteroatoms. The number of furan rings is 1. The second-order valence-corrected chi connectivity index (χ2v) is 7.91. The van der Waals surface area contributed by atoms with Crippen LogP contribution in [0, 0.1) is 0 Å². The number of nitrogens with zero attached hydrogens (tertiary/aromatic N) is 4. The van der Waals surface area contributed by atoms with Crippen LogP contribution < -0.4 is 5.32 Å². The van der Waals surface area contributed by atoms with Gasteiger partial charge < -0.3 is 4.42 Å². The summed E-state index contributed by atoms with van der Waals surface area (Å²) in [5.41, 5.74) is 1.71. The maximum atomic E-state index is 13.0. The normalized spacial score (nSPS) is 10.9. The molecule has 146 valence electrons. The summed E-state index contributed by atoms with van der Waals surface area (Å²) in [5, 5.41) is 7.02. The number of carbonyl (C=O) groups excluding carboxylic acids is 2. The van der Waals surface area contributed by atoms with Crippen LogP contribution in [-0.4, -0.2) is 31.2 Å². The van der Waals surface area contributed by atoms with Gasteiger partial charge in [0.15, 0.2) is 10.9 Å². The van der Waals surface area contributed by atoms with Gasteiger partial charge in [0.25, 0.3) is 5.91 Å². The van der Waals surface area contributed by atoms with Crippen LogP contribution in [0.25, 0.3) is 21.7 Å². The second-order valence-electron chi connectivity index (χ2n) is 6.13. The molecule has 1 N–H and O–H groups in total. The number of amides is 1. The van der Waals surface area contributed by atoms with E-state index in [1.807, 2.05) is 0 Å². The molecule has 0 saturated heterocycles. The van der Waals surface area contributed by atoms with Crippen molar-refractivity contribution in [2.75, 3.05) is 5.32 Å². The number of thiazole rings is 1. The van der Waals surface area contributed by atoms with Crippen molar-refractivity contribution in [3.05, 3.63) is 77.1 Å². The van der Waals surface area contributed by atoms with E-state index >= 15 is 0 Å². The Labute approximate surface area is 177 Å². The third-order valence-electron chi connectivity index (χ3n) is 4.21. The van der Waals surface area contributed by atoms with E-state index in [-0.39, 0.29) is 22.5 Å². The monoisotopic (exact) mass is 433 g/mol. The first-order chi connectivity index (χ1) is 14.7. The molecule has 4 aromatic heterocycles.